The SMILES string of the molecule is CCOCc1nc(NC)cc(NC(C)CC(N)=O)n1. The molecular weight excluding hydrogens is 246 g/mol. The molecule has 19 heavy (non-hydrogen) atoms. The van der Waals surface area contributed by atoms with Crippen LogP contribution < -0.4 is 16.4 Å². The van der Waals surface area contributed by atoms with Crippen molar-refractivity contribution in [2.75, 3.05) is 24.3 Å². The number of aromatic nitrogens is 2. The van der Waals surface area contributed by atoms with Crippen LogP contribution in [-0.2, 0) is 16.1 Å². The molecule has 1 aromatic rings. The largest absolute Gasteiger partial charge is 0.374 e. The van der Waals surface area contributed by atoms with Crippen LogP contribution >= 0.6 is 0 Å². The van der Waals surface area contributed by atoms with E-state index in [1.807, 2.05) is 13.8 Å². The summed E-state index contributed by atoms with van der Waals surface area (Å²) in [5.74, 6) is 1.57. The van der Waals surface area contributed by atoms with Crippen LogP contribution in [0.2, 0.25) is 0 Å². The first-order valence-electron chi connectivity index (χ1n) is 6.23. The van der Waals surface area contributed by atoms with Crippen LogP contribution in [0.1, 0.15) is 26.1 Å². The number of hydrogen-bond donors (Lipinski definition) is 3. The van der Waals surface area contributed by atoms with Gasteiger partial charge in [0, 0.05) is 32.2 Å². The highest BCUT2D eigenvalue weighted by Crippen LogP contribution is 2.13. The minimum atomic E-state index is -0.350. The van der Waals surface area contributed by atoms with E-state index in [1.165, 1.54) is 0 Å². The van der Waals surface area contributed by atoms with Gasteiger partial charge in [-0.05, 0) is 13.8 Å². The Labute approximate surface area is 113 Å². The summed E-state index contributed by atoms with van der Waals surface area (Å²) < 4.78 is 5.29. The number of nitrogens with one attached hydrogen (secondary N) is 2. The zero-order valence-corrected chi connectivity index (χ0v) is 11.6. The van der Waals surface area contributed by atoms with Gasteiger partial charge in [-0.2, -0.15) is 0 Å². The first kappa shape index (κ1) is 15.2. The average Bonchev–Trinajstić information content (AvgIpc) is 2.34. The fourth-order valence-corrected chi connectivity index (χ4v) is 1.56. The maximum Gasteiger partial charge on any atom is 0.219 e. The number of hydrogen-bond acceptors (Lipinski definition) is 6. The number of carbonyl (C=O) groups excluding carboxylic acids is 1. The number of anilines is 2. The van der Waals surface area contributed by atoms with Crippen molar-refractivity contribution in [3.8, 4) is 0 Å². The van der Waals surface area contributed by atoms with E-state index in [4.69, 9.17) is 10.5 Å². The van der Waals surface area contributed by atoms with Gasteiger partial charge >= 0.3 is 0 Å². The van der Waals surface area contributed by atoms with Crippen molar-refractivity contribution in [3.05, 3.63) is 11.9 Å². The normalized spacial score (nSPS) is 11.9. The molecule has 0 aliphatic heterocycles. The van der Waals surface area contributed by atoms with Crippen molar-refractivity contribution in [1.82, 2.24) is 9.97 Å². The Balaban J connectivity index is 2.78. The third-order valence-electron chi connectivity index (χ3n) is 2.37. The summed E-state index contributed by atoms with van der Waals surface area (Å²) in [6, 6.07) is 1.68. The lowest BCUT2D eigenvalue weighted by atomic mass is 10.2. The van der Waals surface area contributed by atoms with Crippen LogP contribution in [0.25, 0.3) is 0 Å². The Morgan fingerprint density at radius 1 is 1.47 bits per heavy atom. The standard InChI is InChI=1S/C12H21N5O2/c1-4-19-7-12-16-10(14-3)6-11(17-12)15-8(2)5-9(13)18/h6,8H,4-5,7H2,1-3H3,(H2,13,18)(H2,14,15,16,17). The predicted octanol–water partition coefficient (Wildman–Crippen LogP) is 0.731. The van der Waals surface area contributed by atoms with Crippen LogP contribution in [0.3, 0.4) is 0 Å². The third-order valence-corrected chi connectivity index (χ3v) is 2.37. The maximum atomic E-state index is 10.8. The first-order chi connectivity index (χ1) is 9.05. The van der Waals surface area contributed by atoms with Crippen molar-refractivity contribution in [1.29, 1.82) is 0 Å². The molecule has 1 amide bonds. The van der Waals surface area contributed by atoms with E-state index in [-0.39, 0.29) is 18.4 Å². The number of carbonyl (C=O) groups is 1. The smallest absolute Gasteiger partial charge is 0.219 e. The molecule has 1 unspecified atom stereocenters. The number of amides is 1. The van der Waals surface area contributed by atoms with Crippen LogP contribution in [0.4, 0.5) is 11.6 Å². The molecule has 0 saturated heterocycles. The molecular formula is C12H21N5O2. The molecule has 1 atom stereocenters. The topological polar surface area (TPSA) is 102 Å². The summed E-state index contributed by atoms with van der Waals surface area (Å²) >= 11 is 0. The van der Waals surface area contributed by atoms with E-state index in [0.29, 0.717) is 30.7 Å². The van der Waals surface area contributed by atoms with Gasteiger partial charge in [-0.1, -0.05) is 0 Å². The first-order valence-corrected chi connectivity index (χ1v) is 6.23. The van der Waals surface area contributed by atoms with E-state index < -0.39 is 0 Å². The number of nitrogens with zero attached hydrogens (tertiary/aromatic N) is 2. The van der Waals surface area contributed by atoms with Gasteiger partial charge in [0.15, 0.2) is 5.82 Å². The van der Waals surface area contributed by atoms with E-state index in [0.717, 1.165) is 0 Å². The zero-order chi connectivity index (χ0) is 14.3. The van der Waals surface area contributed by atoms with E-state index in [1.54, 1.807) is 13.1 Å². The van der Waals surface area contributed by atoms with Crippen molar-refractivity contribution >= 4 is 17.5 Å². The second-order valence-electron chi connectivity index (χ2n) is 4.16. The summed E-state index contributed by atoms with van der Waals surface area (Å²) in [7, 11) is 1.78. The summed E-state index contributed by atoms with van der Waals surface area (Å²) in [6.07, 6.45) is 0.250. The second-order valence-corrected chi connectivity index (χ2v) is 4.16. The second kappa shape index (κ2) is 7.52. The lowest BCUT2D eigenvalue weighted by molar-refractivity contribution is -0.118. The van der Waals surface area contributed by atoms with Gasteiger partial charge in [-0.25, -0.2) is 9.97 Å². The molecule has 0 aromatic carbocycles. The molecule has 0 saturated carbocycles. The van der Waals surface area contributed by atoms with Gasteiger partial charge in [-0.15, -0.1) is 0 Å². The molecule has 106 valence electrons. The number of primary amides is 1. The lowest BCUT2D eigenvalue weighted by Gasteiger charge is -2.14. The highest BCUT2D eigenvalue weighted by atomic mass is 16.5. The minimum absolute atomic E-state index is 0.0861. The molecule has 7 nitrogen and oxygen atoms in total. The van der Waals surface area contributed by atoms with E-state index in [9.17, 15) is 4.79 Å². The Morgan fingerprint density at radius 2 is 2.16 bits per heavy atom. The molecule has 0 aliphatic rings. The minimum Gasteiger partial charge on any atom is -0.374 e. The fraction of sp³-hybridized carbons (Fsp3) is 0.583. The van der Waals surface area contributed by atoms with Crippen molar-refractivity contribution in [2.24, 2.45) is 5.73 Å². The molecule has 0 radical (unpaired) electrons. The molecule has 0 spiro atoms. The van der Waals surface area contributed by atoms with Crippen LogP contribution in [0.5, 0.6) is 0 Å². The van der Waals surface area contributed by atoms with Crippen LogP contribution in [0.15, 0.2) is 6.07 Å². The summed E-state index contributed by atoms with van der Waals surface area (Å²) in [6.45, 7) is 4.74. The average molecular weight is 267 g/mol. The Bertz CT molecular complexity index is 425. The molecule has 1 rings (SSSR count). The maximum absolute atomic E-state index is 10.8. The lowest BCUT2D eigenvalue weighted by Crippen LogP contribution is -2.24. The molecule has 0 aliphatic carbocycles. The van der Waals surface area contributed by atoms with Gasteiger partial charge in [0.05, 0.1) is 0 Å². The van der Waals surface area contributed by atoms with Gasteiger partial charge in [0.25, 0.3) is 0 Å². The molecule has 0 bridgehead atoms. The molecule has 4 N–H and O–H groups in total. The molecule has 1 heterocycles. The van der Waals surface area contributed by atoms with Crippen molar-refractivity contribution < 1.29 is 9.53 Å². The summed E-state index contributed by atoms with van der Waals surface area (Å²) in [4.78, 5) is 19.5. The molecule has 0 fully saturated rings. The number of nitrogens with two attached hydrogens (primary N) is 1. The van der Waals surface area contributed by atoms with Crippen LogP contribution in [0, 0.1) is 0 Å². The highest BCUT2D eigenvalue weighted by molar-refractivity contribution is 5.74. The Kier molecular flexibility index (Phi) is 6.01. The quantitative estimate of drug-likeness (QED) is 0.641. The van der Waals surface area contributed by atoms with Crippen LogP contribution in [-0.4, -0.2) is 35.6 Å². The molecule has 1 aromatic heterocycles. The third kappa shape index (κ3) is 5.52. The number of ether oxygens (including phenoxy) is 1. The zero-order valence-electron chi connectivity index (χ0n) is 11.6. The van der Waals surface area contributed by atoms with Crippen molar-refractivity contribution in [2.45, 2.75) is 32.9 Å². The van der Waals surface area contributed by atoms with Gasteiger partial charge in [-0.3, -0.25) is 4.79 Å². The predicted molar refractivity (Wildman–Crippen MR) is 73.8 cm³/mol. The summed E-state index contributed by atoms with van der Waals surface area (Å²) in [5.41, 5.74) is 5.15. The van der Waals surface area contributed by atoms with Gasteiger partial charge in [0.1, 0.15) is 18.2 Å². The van der Waals surface area contributed by atoms with Gasteiger partial charge in [0.2, 0.25) is 5.91 Å². The summed E-state index contributed by atoms with van der Waals surface area (Å²) in [5, 5.41) is 6.08. The van der Waals surface area contributed by atoms with Gasteiger partial charge < -0.3 is 21.1 Å². The highest BCUT2D eigenvalue weighted by Gasteiger charge is 2.09. The number of rotatable bonds is 8. The fourth-order valence-electron chi connectivity index (χ4n) is 1.56. The molecule has 7 heteroatoms. The Hall–Kier alpha value is -1.89. The van der Waals surface area contributed by atoms with E-state index in [2.05, 4.69) is 20.6 Å². The van der Waals surface area contributed by atoms with E-state index >= 15 is 0 Å². The van der Waals surface area contributed by atoms with Crippen molar-refractivity contribution in [3.63, 3.8) is 0 Å². The Morgan fingerprint density at radius 3 is 2.74 bits per heavy atom. The monoisotopic (exact) mass is 267 g/mol.